The smallest absolute Gasteiger partial charge is 0.254 e. The van der Waals surface area contributed by atoms with E-state index in [1.165, 1.54) is 6.07 Å². The molecule has 0 spiro atoms. The molecular formula is C20H19F2N3O. The second-order valence-electron chi connectivity index (χ2n) is 6.36. The van der Waals surface area contributed by atoms with Gasteiger partial charge in [-0.25, -0.2) is 8.78 Å². The number of benzene rings is 2. The molecule has 1 heterocycles. The van der Waals surface area contributed by atoms with Gasteiger partial charge in [0.15, 0.2) is 11.6 Å². The zero-order valence-corrected chi connectivity index (χ0v) is 14.3. The van der Waals surface area contributed by atoms with E-state index in [1.54, 1.807) is 11.0 Å². The number of carbonyl (C=O) groups excluding carboxylic acids is 1. The highest BCUT2D eigenvalue weighted by molar-refractivity contribution is 5.94. The largest absolute Gasteiger partial charge is 0.337 e. The molecule has 0 N–H and O–H groups in total. The van der Waals surface area contributed by atoms with Gasteiger partial charge < -0.3 is 4.90 Å². The molecule has 1 aliphatic rings. The summed E-state index contributed by atoms with van der Waals surface area (Å²) in [5.41, 5.74) is 1.86. The van der Waals surface area contributed by atoms with Crippen molar-refractivity contribution in [3.8, 4) is 6.07 Å². The maximum atomic E-state index is 13.4. The van der Waals surface area contributed by atoms with E-state index in [-0.39, 0.29) is 11.5 Å². The van der Waals surface area contributed by atoms with Crippen LogP contribution < -0.4 is 0 Å². The van der Waals surface area contributed by atoms with Crippen molar-refractivity contribution in [3.05, 3.63) is 70.8 Å². The minimum atomic E-state index is -1.01. The van der Waals surface area contributed by atoms with Gasteiger partial charge in [-0.1, -0.05) is 12.1 Å². The number of amides is 1. The average molecular weight is 355 g/mol. The third-order valence-corrected chi connectivity index (χ3v) is 4.50. The van der Waals surface area contributed by atoms with Crippen LogP contribution in [0.2, 0.25) is 0 Å². The first-order chi connectivity index (χ1) is 12.6. The Morgan fingerprint density at radius 3 is 2.65 bits per heavy atom. The van der Waals surface area contributed by atoms with Crippen LogP contribution >= 0.6 is 0 Å². The molecule has 2 aromatic rings. The van der Waals surface area contributed by atoms with Crippen LogP contribution in [-0.4, -0.2) is 41.9 Å². The van der Waals surface area contributed by atoms with Crippen molar-refractivity contribution < 1.29 is 13.6 Å². The molecule has 0 radical (unpaired) electrons. The predicted octanol–water partition coefficient (Wildman–Crippen LogP) is 3.18. The van der Waals surface area contributed by atoms with Gasteiger partial charge in [0, 0.05) is 38.3 Å². The van der Waals surface area contributed by atoms with E-state index in [2.05, 4.69) is 11.0 Å². The lowest BCUT2D eigenvalue weighted by atomic mass is 10.1. The molecule has 1 fully saturated rings. The van der Waals surface area contributed by atoms with Crippen molar-refractivity contribution >= 4 is 5.91 Å². The highest BCUT2D eigenvalue weighted by atomic mass is 19.2. The SMILES string of the molecule is N#Cc1cccc(CN2CCCN(C(=O)c3ccc(F)c(F)c3)CC2)c1. The van der Waals surface area contributed by atoms with Crippen molar-refractivity contribution in [3.63, 3.8) is 0 Å². The van der Waals surface area contributed by atoms with Crippen LogP contribution in [0.1, 0.15) is 27.9 Å². The third kappa shape index (κ3) is 4.24. The average Bonchev–Trinajstić information content (AvgIpc) is 2.89. The van der Waals surface area contributed by atoms with Crippen LogP contribution in [0.3, 0.4) is 0 Å². The molecule has 0 unspecified atom stereocenters. The maximum Gasteiger partial charge on any atom is 0.254 e. The first-order valence-electron chi connectivity index (χ1n) is 8.52. The Bertz CT molecular complexity index is 847. The Labute approximate surface area is 151 Å². The van der Waals surface area contributed by atoms with E-state index in [1.807, 2.05) is 18.2 Å². The zero-order valence-electron chi connectivity index (χ0n) is 14.3. The highest BCUT2D eigenvalue weighted by Gasteiger charge is 2.21. The predicted molar refractivity (Wildman–Crippen MR) is 93.3 cm³/mol. The minimum Gasteiger partial charge on any atom is -0.337 e. The van der Waals surface area contributed by atoms with Crippen LogP contribution in [0.4, 0.5) is 8.78 Å². The molecule has 4 nitrogen and oxygen atoms in total. The molecule has 1 saturated heterocycles. The first kappa shape index (κ1) is 18.0. The Balaban J connectivity index is 1.63. The van der Waals surface area contributed by atoms with Gasteiger partial charge in [0.2, 0.25) is 0 Å². The van der Waals surface area contributed by atoms with Gasteiger partial charge >= 0.3 is 0 Å². The normalized spacial score (nSPS) is 15.3. The minimum absolute atomic E-state index is 0.166. The number of rotatable bonds is 3. The standard InChI is InChI=1S/C20H19F2N3O/c21-18-6-5-17(12-19(18)22)20(26)25-8-2-7-24(9-10-25)14-16-4-1-3-15(11-16)13-23/h1,3-6,11-12H,2,7-10,14H2. The lowest BCUT2D eigenvalue weighted by molar-refractivity contribution is 0.0760. The maximum absolute atomic E-state index is 13.4. The summed E-state index contributed by atoms with van der Waals surface area (Å²) in [6.07, 6.45) is 0.799. The van der Waals surface area contributed by atoms with Crippen molar-refractivity contribution in [2.75, 3.05) is 26.2 Å². The molecule has 134 valence electrons. The third-order valence-electron chi connectivity index (χ3n) is 4.50. The summed E-state index contributed by atoms with van der Waals surface area (Å²) < 4.78 is 26.4. The summed E-state index contributed by atoms with van der Waals surface area (Å²) in [6.45, 7) is 3.33. The van der Waals surface area contributed by atoms with Crippen LogP contribution in [0.5, 0.6) is 0 Å². The summed E-state index contributed by atoms with van der Waals surface area (Å²) in [5.74, 6) is -2.25. The van der Waals surface area contributed by atoms with Crippen LogP contribution in [0, 0.1) is 23.0 Å². The van der Waals surface area contributed by atoms with Gasteiger partial charge in [0.1, 0.15) is 0 Å². The molecule has 3 rings (SSSR count). The summed E-state index contributed by atoms with van der Waals surface area (Å²) in [4.78, 5) is 16.5. The second kappa shape index (κ2) is 8.07. The summed E-state index contributed by atoms with van der Waals surface area (Å²) in [6, 6.07) is 12.9. The van der Waals surface area contributed by atoms with Gasteiger partial charge in [0.25, 0.3) is 5.91 Å². The number of hydrogen-bond donors (Lipinski definition) is 0. The number of nitriles is 1. The Kier molecular flexibility index (Phi) is 5.59. The number of carbonyl (C=O) groups is 1. The summed E-state index contributed by atoms with van der Waals surface area (Å²) in [7, 11) is 0. The van der Waals surface area contributed by atoms with E-state index in [0.717, 1.165) is 30.7 Å². The van der Waals surface area contributed by atoms with Crippen LogP contribution in [0.25, 0.3) is 0 Å². The van der Waals surface area contributed by atoms with Gasteiger partial charge in [-0.3, -0.25) is 9.69 Å². The fourth-order valence-electron chi connectivity index (χ4n) is 3.14. The van der Waals surface area contributed by atoms with Crippen molar-refractivity contribution in [1.82, 2.24) is 9.80 Å². The van der Waals surface area contributed by atoms with E-state index >= 15 is 0 Å². The van der Waals surface area contributed by atoms with Gasteiger partial charge in [-0.15, -0.1) is 0 Å². The molecule has 0 aliphatic carbocycles. The second-order valence-corrected chi connectivity index (χ2v) is 6.36. The van der Waals surface area contributed by atoms with Crippen LogP contribution in [0.15, 0.2) is 42.5 Å². The molecule has 6 heteroatoms. The number of halogens is 2. The lowest BCUT2D eigenvalue weighted by Gasteiger charge is -2.22. The molecule has 1 amide bonds. The Hall–Kier alpha value is -2.78. The van der Waals surface area contributed by atoms with Gasteiger partial charge in [0.05, 0.1) is 11.6 Å². The molecule has 0 saturated carbocycles. The summed E-state index contributed by atoms with van der Waals surface area (Å²) >= 11 is 0. The molecule has 26 heavy (non-hydrogen) atoms. The Morgan fingerprint density at radius 1 is 1.04 bits per heavy atom. The number of nitrogens with zero attached hydrogens (tertiary/aromatic N) is 3. The molecule has 0 bridgehead atoms. The topological polar surface area (TPSA) is 47.3 Å². The Morgan fingerprint density at radius 2 is 1.88 bits per heavy atom. The van der Waals surface area contributed by atoms with Crippen molar-refractivity contribution in [1.29, 1.82) is 5.26 Å². The monoisotopic (exact) mass is 355 g/mol. The lowest BCUT2D eigenvalue weighted by Crippen LogP contribution is -2.35. The van der Waals surface area contributed by atoms with E-state index in [9.17, 15) is 13.6 Å². The van der Waals surface area contributed by atoms with Gasteiger partial charge in [-0.05, 0) is 42.3 Å². The van der Waals surface area contributed by atoms with E-state index in [0.29, 0.717) is 31.7 Å². The molecular weight excluding hydrogens is 336 g/mol. The molecule has 0 atom stereocenters. The first-order valence-corrected chi connectivity index (χ1v) is 8.52. The zero-order chi connectivity index (χ0) is 18.5. The quantitative estimate of drug-likeness (QED) is 0.850. The van der Waals surface area contributed by atoms with Crippen LogP contribution in [-0.2, 0) is 6.54 Å². The van der Waals surface area contributed by atoms with Crippen molar-refractivity contribution in [2.45, 2.75) is 13.0 Å². The summed E-state index contributed by atoms with van der Waals surface area (Å²) in [5, 5.41) is 9.00. The molecule has 1 aliphatic heterocycles. The highest BCUT2D eigenvalue weighted by Crippen LogP contribution is 2.15. The molecule has 0 aromatic heterocycles. The fraction of sp³-hybridized carbons (Fsp3) is 0.300. The number of hydrogen-bond acceptors (Lipinski definition) is 3. The van der Waals surface area contributed by atoms with E-state index in [4.69, 9.17) is 5.26 Å². The fourth-order valence-corrected chi connectivity index (χ4v) is 3.14. The van der Waals surface area contributed by atoms with Gasteiger partial charge in [-0.2, -0.15) is 5.26 Å². The van der Waals surface area contributed by atoms with Crippen molar-refractivity contribution in [2.24, 2.45) is 0 Å². The molecule has 2 aromatic carbocycles. The van der Waals surface area contributed by atoms with E-state index < -0.39 is 11.6 Å².